The van der Waals surface area contributed by atoms with Crippen molar-refractivity contribution in [3.05, 3.63) is 0 Å². The first-order valence-corrected chi connectivity index (χ1v) is 22.4. The summed E-state index contributed by atoms with van der Waals surface area (Å²) in [5.41, 5.74) is 0. The van der Waals surface area contributed by atoms with Gasteiger partial charge in [-0.05, 0) is 12.8 Å². The third kappa shape index (κ3) is 40.3. The normalized spacial score (nSPS) is 12.3. The zero-order valence-electron chi connectivity index (χ0n) is 36.5. The van der Waals surface area contributed by atoms with Gasteiger partial charge in [-0.3, -0.25) is 19.2 Å². The number of methoxy groups -OCH3 is 1. The second-order valence-corrected chi connectivity index (χ2v) is 14.8. The van der Waals surface area contributed by atoms with Crippen molar-refractivity contribution in [2.75, 3.05) is 67.1 Å². The smallest absolute Gasteiger partial charge is 0.308 e. The molecule has 57 heavy (non-hydrogen) atoms. The summed E-state index contributed by atoms with van der Waals surface area (Å²) in [5.74, 6) is -1.85. The Morgan fingerprint density at radius 2 is 0.807 bits per heavy atom. The van der Waals surface area contributed by atoms with Crippen molar-refractivity contribution < 1.29 is 62.1 Å². The number of carbonyl (C=O) groups is 4. The zero-order chi connectivity index (χ0) is 41.9. The fourth-order valence-electron chi connectivity index (χ4n) is 6.00. The Labute approximate surface area is 345 Å². The number of hydrogen-bond donors (Lipinski definition) is 0. The van der Waals surface area contributed by atoms with Crippen molar-refractivity contribution in [1.29, 1.82) is 0 Å². The minimum absolute atomic E-state index is 0.000621. The summed E-state index contributed by atoms with van der Waals surface area (Å²) in [5, 5.41) is 0. The van der Waals surface area contributed by atoms with Crippen LogP contribution in [0, 0.1) is 0 Å². The van der Waals surface area contributed by atoms with Gasteiger partial charge in [-0.1, -0.05) is 142 Å². The first kappa shape index (κ1) is 54.7. The molecule has 0 aliphatic carbocycles. The second kappa shape index (κ2) is 43.3. The van der Waals surface area contributed by atoms with Crippen LogP contribution in [0.3, 0.4) is 0 Å². The molecule has 0 saturated heterocycles. The minimum atomic E-state index is -0.898. The molecule has 0 aromatic heterocycles. The van der Waals surface area contributed by atoms with E-state index < -0.39 is 30.1 Å². The molecule has 0 radical (unpaired) electrons. The number of ether oxygens (including phenoxy) is 7. The molecule has 0 heterocycles. The van der Waals surface area contributed by atoms with Crippen LogP contribution in [0.2, 0.25) is 0 Å². The lowest BCUT2D eigenvalue weighted by atomic mass is 10.1. The van der Waals surface area contributed by atoms with Gasteiger partial charge in [-0.15, -0.1) is 0 Å². The third-order valence-electron chi connectivity index (χ3n) is 9.47. The van der Waals surface area contributed by atoms with Crippen LogP contribution >= 0.6 is 0 Å². The SMILES string of the molecule is CCCCCCCCCCCCCC(=O)OCC(COC(COC(=O)CCOCCOC)COC(=O)CCOOC)OC(=O)CCCCCCCCCCCCC. The molecule has 0 saturated carbocycles. The molecule has 0 N–H and O–H groups in total. The molecule has 2 unspecified atom stereocenters. The summed E-state index contributed by atoms with van der Waals surface area (Å²) < 4.78 is 38.2. The highest BCUT2D eigenvalue weighted by molar-refractivity contribution is 5.71. The van der Waals surface area contributed by atoms with Gasteiger partial charge in [0.2, 0.25) is 0 Å². The summed E-state index contributed by atoms with van der Waals surface area (Å²) in [7, 11) is 2.90. The van der Waals surface area contributed by atoms with Gasteiger partial charge in [-0.25, -0.2) is 9.78 Å². The molecule has 0 rings (SSSR count). The maximum absolute atomic E-state index is 12.9. The van der Waals surface area contributed by atoms with E-state index in [9.17, 15) is 19.2 Å². The molecule has 0 spiro atoms. The molecular formula is C44H82O13. The van der Waals surface area contributed by atoms with Gasteiger partial charge in [0.1, 0.15) is 25.9 Å². The van der Waals surface area contributed by atoms with E-state index in [0.29, 0.717) is 19.6 Å². The lowest BCUT2D eigenvalue weighted by Gasteiger charge is -2.23. The van der Waals surface area contributed by atoms with Gasteiger partial charge in [0.15, 0.2) is 6.10 Å². The van der Waals surface area contributed by atoms with Gasteiger partial charge in [0, 0.05) is 20.0 Å². The Kier molecular flexibility index (Phi) is 41.5. The van der Waals surface area contributed by atoms with Crippen LogP contribution in [-0.2, 0) is 62.1 Å². The van der Waals surface area contributed by atoms with E-state index in [1.54, 1.807) is 7.11 Å². The third-order valence-corrected chi connectivity index (χ3v) is 9.47. The Balaban J connectivity index is 5.05. The summed E-state index contributed by atoms with van der Waals surface area (Å²) >= 11 is 0. The first-order chi connectivity index (χ1) is 27.9. The van der Waals surface area contributed by atoms with Crippen molar-refractivity contribution in [1.82, 2.24) is 0 Å². The van der Waals surface area contributed by atoms with Crippen LogP contribution < -0.4 is 0 Å². The molecule has 0 aliphatic heterocycles. The lowest BCUT2D eigenvalue weighted by Crippen LogP contribution is -2.35. The van der Waals surface area contributed by atoms with Crippen LogP contribution in [0.4, 0.5) is 0 Å². The molecule has 0 aromatic carbocycles. The molecule has 336 valence electrons. The predicted molar refractivity (Wildman–Crippen MR) is 220 cm³/mol. The van der Waals surface area contributed by atoms with Crippen LogP contribution in [0.5, 0.6) is 0 Å². The molecule has 0 aromatic rings. The van der Waals surface area contributed by atoms with E-state index in [1.165, 1.54) is 103 Å². The largest absolute Gasteiger partial charge is 0.463 e. The monoisotopic (exact) mass is 819 g/mol. The van der Waals surface area contributed by atoms with Crippen molar-refractivity contribution in [2.24, 2.45) is 0 Å². The molecule has 13 heteroatoms. The van der Waals surface area contributed by atoms with E-state index >= 15 is 0 Å². The molecule has 0 amide bonds. The van der Waals surface area contributed by atoms with E-state index in [0.717, 1.165) is 38.5 Å². The summed E-state index contributed by atoms with van der Waals surface area (Å²) in [6.45, 7) is 4.57. The van der Waals surface area contributed by atoms with Crippen molar-refractivity contribution in [2.45, 2.75) is 193 Å². The zero-order valence-corrected chi connectivity index (χ0v) is 36.5. The number of rotatable bonds is 44. The molecule has 0 fully saturated rings. The minimum Gasteiger partial charge on any atom is -0.463 e. The van der Waals surface area contributed by atoms with Crippen molar-refractivity contribution in [3.63, 3.8) is 0 Å². The van der Waals surface area contributed by atoms with Gasteiger partial charge < -0.3 is 33.2 Å². The maximum Gasteiger partial charge on any atom is 0.308 e. The Hall–Kier alpha value is -2.32. The highest BCUT2D eigenvalue weighted by Crippen LogP contribution is 2.15. The van der Waals surface area contributed by atoms with E-state index in [1.807, 2.05) is 0 Å². The lowest BCUT2D eigenvalue weighted by molar-refractivity contribution is -0.272. The number of unbranched alkanes of at least 4 members (excludes halogenated alkanes) is 20. The quantitative estimate of drug-likeness (QED) is 0.0189. The molecule has 13 nitrogen and oxygen atoms in total. The molecule has 2 atom stereocenters. The fraction of sp³-hybridized carbons (Fsp3) is 0.909. The van der Waals surface area contributed by atoms with Gasteiger partial charge >= 0.3 is 23.9 Å². The maximum atomic E-state index is 12.9. The Morgan fingerprint density at radius 3 is 1.26 bits per heavy atom. The summed E-state index contributed by atoms with van der Waals surface area (Å²) in [6.07, 6.45) is 24.5. The van der Waals surface area contributed by atoms with Crippen LogP contribution in [0.25, 0.3) is 0 Å². The van der Waals surface area contributed by atoms with E-state index in [4.69, 9.17) is 38.0 Å². The topological polar surface area (TPSA) is 151 Å². The predicted octanol–water partition coefficient (Wildman–Crippen LogP) is 9.34. The average Bonchev–Trinajstić information content (AvgIpc) is 3.20. The van der Waals surface area contributed by atoms with Crippen LogP contribution in [0.15, 0.2) is 0 Å². The Bertz CT molecular complexity index is 932. The number of carbonyl (C=O) groups excluding carboxylic acids is 4. The Morgan fingerprint density at radius 1 is 0.404 bits per heavy atom. The highest BCUT2D eigenvalue weighted by atomic mass is 17.2. The molecular weight excluding hydrogens is 736 g/mol. The first-order valence-electron chi connectivity index (χ1n) is 22.4. The fourth-order valence-corrected chi connectivity index (χ4v) is 6.00. The van der Waals surface area contributed by atoms with Crippen molar-refractivity contribution in [3.8, 4) is 0 Å². The number of esters is 4. The molecule has 0 bridgehead atoms. The van der Waals surface area contributed by atoms with E-state index in [2.05, 4.69) is 18.7 Å². The summed E-state index contributed by atoms with van der Waals surface area (Å²) in [4.78, 5) is 59.4. The van der Waals surface area contributed by atoms with Gasteiger partial charge in [0.25, 0.3) is 0 Å². The van der Waals surface area contributed by atoms with Crippen LogP contribution in [0.1, 0.15) is 181 Å². The highest BCUT2D eigenvalue weighted by Gasteiger charge is 2.22. The summed E-state index contributed by atoms with van der Waals surface area (Å²) in [6, 6.07) is 0. The number of hydrogen-bond acceptors (Lipinski definition) is 13. The average molecular weight is 819 g/mol. The van der Waals surface area contributed by atoms with E-state index in [-0.39, 0.29) is 71.3 Å². The van der Waals surface area contributed by atoms with Gasteiger partial charge in [-0.2, -0.15) is 0 Å². The standard InChI is InChI=1S/C44H82O13/c1-5-7-9-11-13-15-17-19-21-23-25-27-41(45)55-38-40(57-44(48)28-26-24-22-20-18-16-14-12-10-8-6-2)37-52-39(36-54-43(47)30-32-56-50-4)35-53-42(46)29-31-51-34-33-49-3/h39-40H,5-38H2,1-4H3. The second-order valence-electron chi connectivity index (χ2n) is 14.8. The molecule has 0 aliphatic rings. The van der Waals surface area contributed by atoms with Crippen molar-refractivity contribution >= 4 is 23.9 Å². The van der Waals surface area contributed by atoms with Gasteiger partial charge in [0.05, 0.1) is 53.0 Å². The van der Waals surface area contributed by atoms with Crippen LogP contribution in [-0.4, -0.2) is 103 Å².